The standard InChI is InChI=1S/C15H12BrClFNO2/c1-9(21-12-5-2-10(16)3-6-12)15(20)19-11-4-7-14(18)13(17)8-11/h2-9H,1H3,(H,19,20). The third kappa shape index (κ3) is 4.44. The average Bonchev–Trinajstić information content (AvgIpc) is 2.45. The van der Waals surface area contributed by atoms with Gasteiger partial charge in [0, 0.05) is 10.2 Å². The Kier molecular flexibility index (Phi) is 5.20. The largest absolute Gasteiger partial charge is 0.481 e. The maximum absolute atomic E-state index is 13.0. The van der Waals surface area contributed by atoms with Gasteiger partial charge in [0.1, 0.15) is 11.6 Å². The second-order valence-corrected chi connectivity index (χ2v) is 5.66. The smallest absolute Gasteiger partial charge is 0.265 e. The molecule has 0 aliphatic carbocycles. The van der Waals surface area contributed by atoms with Gasteiger partial charge in [0.15, 0.2) is 6.10 Å². The van der Waals surface area contributed by atoms with Gasteiger partial charge in [-0.1, -0.05) is 27.5 Å². The first kappa shape index (κ1) is 15.8. The van der Waals surface area contributed by atoms with Gasteiger partial charge in [0.25, 0.3) is 5.91 Å². The van der Waals surface area contributed by atoms with Crippen LogP contribution in [0.1, 0.15) is 6.92 Å². The molecular weight excluding hydrogens is 361 g/mol. The normalized spacial score (nSPS) is 11.8. The van der Waals surface area contributed by atoms with Crippen LogP contribution >= 0.6 is 27.5 Å². The van der Waals surface area contributed by atoms with E-state index in [2.05, 4.69) is 21.2 Å². The fraction of sp³-hybridized carbons (Fsp3) is 0.133. The molecule has 0 radical (unpaired) electrons. The van der Waals surface area contributed by atoms with Crippen molar-refractivity contribution >= 4 is 39.1 Å². The highest BCUT2D eigenvalue weighted by atomic mass is 79.9. The molecule has 1 unspecified atom stereocenters. The Bertz CT molecular complexity index is 649. The Morgan fingerprint density at radius 3 is 2.57 bits per heavy atom. The molecule has 6 heteroatoms. The molecule has 0 saturated heterocycles. The van der Waals surface area contributed by atoms with Crippen molar-refractivity contribution in [3.63, 3.8) is 0 Å². The molecule has 3 nitrogen and oxygen atoms in total. The van der Waals surface area contributed by atoms with Crippen LogP contribution in [0, 0.1) is 5.82 Å². The minimum atomic E-state index is -0.699. The van der Waals surface area contributed by atoms with Crippen molar-refractivity contribution in [1.29, 1.82) is 0 Å². The van der Waals surface area contributed by atoms with Crippen LogP contribution in [0.3, 0.4) is 0 Å². The minimum absolute atomic E-state index is 0.0470. The molecule has 0 fully saturated rings. The van der Waals surface area contributed by atoms with Crippen molar-refractivity contribution < 1.29 is 13.9 Å². The maximum atomic E-state index is 13.0. The Morgan fingerprint density at radius 1 is 1.29 bits per heavy atom. The molecule has 1 N–H and O–H groups in total. The first-order chi connectivity index (χ1) is 9.95. The molecule has 0 bridgehead atoms. The fourth-order valence-electron chi connectivity index (χ4n) is 1.59. The second kappa shape index (κ2) is 6.91. The summed E-state index contributed by atoms with van der Waals surface area (Å²) in [4.78, 5) is 12.0. The van der Waals surface area contributed by atoms with Crippen LogP contribution < -0.4 is 10.1 Å². The summed E-state index contributed by atoms with van der Waals surface area (Å²) in [7, 11) is 0. The summed E-state index contributed by atoms with van der Waals surface area (Å²) in [5, 5.41) is 2.57. The van der Waals surface area contributed by atoms with Crippen molar-refractivity contribution in [2.75, 3.05) is 5.32 Å². The summed E-state index contributed by atoms with van der Waals surface area (Å²) in [6.45, 7) is 1.63. The van der Waals surface area contributed by atoms with Crippen molar-refractivity contribution in [2.45, 2.75) is 13.0 Å². The molecule has 1 amide bonds. The van der Waals surface area contributed by atoms with E-state index in [0.717, 1.165) is 4.47 Å². The van der Waals surface area contributed by atoms with Crippen LogP contribution in [0.2, 0.25) is 5.02 Å². The van der Waals surface area contributed by atoms with Crippen LogP contribution in [0.4, 0.5) is 10.1 Å². The molecule has 2 aromatic carbocycles. The number of carbonyl (C=O) groups is 1. The molecular formula is C15H12BrClFNO2. The molecule has 21 heavy (non-hydrogen) atoms. The number of benzene rings is 2. The number of hydrogen-bond donors (Lipinski definition) is 1. The predicted octanol–water partition coefficient (Wildman–Crippen LogP) is 4.65. The zero-order valence-electron chi connectivity index (χ0n) is 11.1. The van der Waals surface area contributed by atoms with Crippen LogP contribution in [-0.4, -0.2) is 12.0 Å². The minimum Gasteiger partial charge on any atom is -0.481 e. The fourth-order valence-corrected chi connectivity index (χ4v) is 2.03. The molecule has 1 atom stereocenters. The van der Waals surface area contributed by atoms with Gasteiger partial charge in [-0.25, -0.2) is 4.39 Å². The number of halogens is 3. The Balaban J connectivity index is 1.98. The molecule has 0 heterocycles. The SMILES string of the molecule is CC(Oc1ccc(Br)cc1)C(=O)Nc1ccc(F)c(Cl)c1. The summed E-state index contributed by atoms with van der Waals surface area (Å²) in [5.41, 5.74) is 0.414. The average molecular weight is 373 g/mol. The molecule has 2 rings (SSSR count). The molecule has 0 spiro atoms. The lowest BCUT2D eigenvalue weighted by Gasteiger charge is -2.15. The van der Waals surface area contributed by atoms with E-state index in [1.807, 2.05) is 12.1 Å². The van der Waals surface area contributed by atoms with E-state index < -0.39 is 11.9 Å². The number of amides is 1. The van der Waals surface area contributed by atoms with Crippen LogP contribution in [-0.2, 0) is 4.79 Å². The Labute approximate surface area is 135 Å². The Morgan fingerprint density at radius 2 is 1.95 bits per heavy atom. The molecule has 0 aliphatic heterocycles. The number of rotatable bonds is 4. The number of anilines is 1. The first-order valence-electron chi connectivity index (χ1n) is 6.14. The van der Waals surface area contributed by atoms with Crippen LogP contribution in [0.25, 0.3) is 0 Å². The summed E-state index contributed by atoms with van der Waals surface area (Å²) in [5.74, 6) is -0.299. The van der Waals surface area contributed by atoms with Gasteiger partial charge in [-0.15, -0.1) is 0 Å². The van der Waals surface area contributed by atoms with E-state index in [1.165, 1.54) is 18.2 Å². The third-order valence-corrected chi connectivity index (χ3v) is 3.50. The molecule has 110 valence electrons. The lowest BCUT2D eigenvalue weighted by molar-refractivity contribution is -0.122. The summed E-state index contributed by atoms with van der Waals surface area (Å²) < 4.78 is 19.5. The quantitative estimate of drug-likeness (QED) is 0.848. The van der Waals surface area contributed by atoms with Crippen LogP contribution in [0.5, 0.6) is 5.75 Å². The van der Waals surface area contributed by atoms with Crippen molar-refractivity contribution in [2.24, 2.45) is 0 Å². The Hall–Kier alpha value is -1.59. The van der Waals surface area contributed by atoms with Gasteiger partial charge in [-0.2, -0.15) is 0 Å². The number of hydrogen-bond acceptors (Lipinski definition) is 2. The van der Waals surface area contributed by atoms with E-state index in [-0.39, 0.29) is 10.9 Å². The lowest BCUT2D eigenvalue weighted by atomic mass is 10.3. The van der Waals surface area contributed by atoms with E-state index >= 15 is 0 Å². The lowest BCUT2D eigenvalue weighted by Crippen LogP contribution is -2.30. The van der Waals surface area contributed by atoms with Crippen molar-refractivity contribution in [1.82, 2.24) is 0 Å². The third-order valence-electron chi connectivity index (χ3n) is 2.68. The number of ether oxygens (including phenoxy) is 1. The van der Waals surface area contributed by atoms with Crippen molar-refractivity contribution in [3.05, 3.63) is 57.8 Å². The van der Waals surface area contributed by atoms with E-state index in [4.69, 9.17) is 16.3 Å². The summed E-state index contributed by atoms with van der Waals surface area (Å²) >= 11 is 8.98. The van der Waals surface area contributed by atoms with Gasteiger partial charge in [-0.3, -0.25) is 4.79 Å². The van der Waals surface area contributed by atoms with Gasteiger partial charge in [-0.05, 0) is 49.4 Å². The van der Waals surface area contributed by atoms with E-state index in [1.54, 1.807) is 19.1 Å². The first-order valence-corrected chi connectivity index (χ1v) is 7.31. The number of nitrogens with one attached hydrogen (secondary N) is 1. The van der Waals surface area contributed by atoms with Gasteiger partial charge >= 0.3 is 0 Å². The highest BCUT2D eigenvalue weighted by Gasteiger charge is 2.15. The summed E-state index contributed by atoms with van der Waals surface area (Å²) in [6, 6.07) is 11.1. The molecule has 2 aromatic rings. The summed E-state index contributed by atoms with van der Waals surface area (Å²) in [6.07, 6.45) is -0.699. The topological polar surface area (TPSA) is 38.3 Å². The van der Waals surface area contributed by atoms with E-state index in [9.17, 15) is 9.18 Å². The molecule has 0 saturated carbocycles. The highest BCUT2D eigenvalue weighted by molar-refractivity contribution is 9.10. The zero-order chi connectivity index (χ0) is 15.4. The monoisotopic (exact) mass is 371 g/mol. The second-order valence-electron chi connectivity index (χ2n) is 4.33. The zero-order valence-corrected chi connectivity index (χ0v) is 13.4. The van der Waals surface area contributed by atoms with Gasteiger partial charge < -0.3 is 10.1 Å². The molecule has 0 aliphatic rings. The van der Waals surface area contributed by atoms with E-state index in [0.29, 0.717) is 11.4 Å². The highest BCUT2D eigenvalue weighted by Crippen LogP contribution is 2.20. The van der Waals surface area contributed by atoms with Crippen molar-refractivity contribution in [3.8, 4) is 5.75 Å². The van der Waals surface area contributed by atoms with Crippen LogP contribution in [0.15, 0.2) is 46.9 Å². The maximum Gasteiger partial charge on any atom is 0.265 e. The molecule has 0 aromatic heterocycles. The van der Waals surface area contributed by atoms with Gasteiger partial charge in [0.2, 0.25) is 0 Å². The number of carbonyl (C=O) groups excluding carboxylic acids is 1. The predicted molar refractivity (Wildman–Crippen MR) is 84.3 cm³/mol. The van der Waals surface area contributed by atoms with Gasteiger partial charge in [0.05, 0.1) is 5.02 Å².